The maximum absolute atomic E-state index is 6.06. The van der Waals surface area contributed by atoms with E-state index < -0.39 is 0 Å². The van der Waals surface area contributed by atoms with Crippen LogP contribution in [0, 0.1) is 0 Å². The van der Waals surface area contributed by atoms with Crippen molar-refractivity contribution in [1.82, 2.24) is 9.78 Å². The number of hydrogen-bond acceptors (Lipinski definition) is 2. The summed E-state index contributed by atoms with van der Waals surface area (Å²) in [5.41, 5.74) is 7.65. The number of aryl methyl sites for hydroxylation is 1. The fourth-order valence-corrected chi connectivity index (χ4v) is 1.99. The molecule has 0 radical (unpaired) electrons. The molecular weight excluding hydrogens is 174 g/mol. The smallest absolute Gasteiger partial charge is 0.0492 e. The third-order valence-electron chi connectivity index (χ3n) is 3.46. The second kappa shape index (κ2) is 2.83. The third-order valence-corrected chi connectivity index (χ3v) is 3.46. The molecule has 3 heteroatoms. The van der Waals surface area contributed by atoms with Gasteiger partial charge in [0, 0.05) is 29.9 Å². The molecule has 2 aliphatic carbocycles. The molecule has 3 rings (SSSR count). The van der Waals surface area contributed by atoms with E-state index in [0.717, 1.165) is 18.9 Å². The van der Waals surface area contributed by atoms with Crippen LogP contribution in [0.5, 0.6) is 0 Å². The fourth-order valence-electron chi connectivity index (χ4n) is 1.99. The SMILES string of the molecule is NC1(CCn2nccc2C2CC2)CC1. The van der Waals surface area contributed by atoms with Crippen LogP contribution in [-0.2, 0) is 6.54 Å². The zero-order valence-electron chi connectivity index (χ0n) is 8.45. The molecule has 3 nitrogen and oxygen atoms in total. The monoisotopic (exact) mass is 191 g/mol. The summed E-state index contributed by atoms with van der Waals surface area (Å²) in [5.74, 6) is 0.797. The molecule has 0 aliphatic heterocycles. The average Bonchev–Trinajstić information content (AvgIpc) is 3.08. The Morgan fingerprint density at radius 1 is 1.50 bits per heavy atom. The molecule has 0 saturated heterocycles. The summed E-state index contributed by atoms with van der Waals surface area (Å²) >= 11 is 0. The molecule has 76 valence electrons. The van der Waals surface area contributed by atoms with Gasteiger partial charge in [-0.25, -0.2) is 0 Å². The quantitative estimate of drug-likeness (QED) is 0.786. The largest absolute Gasteiger partial charge is 0.325 e. The average molecular weight is 191 g/mol. The van der Waals surface area contributed by atoms with Crippen molar-refractivity contribution in [3.63, 3.8) is 0 Å². The molecule has 2 fully saturated rings. The van der Waals surface area contributed by atoms with Crippen molar-refractivity contribution in [3.8, 4) is 0 Å². The lowest BCUT2D eigenvalue weighted by Crippen LogP contribution is -2.24. The minimum Gasteiger partial charge on any atom is -0.325 e. The molecule has 0 atom stereocenters. The van der Waals surface area contributed by atoms with Crippen molar-refractivity contribution in [1.29, 1.82) is 0 Å². The molecule has 1 aromatic rings. The normalized spacial score (nSPS) is 23.8. The van der Waals surface area contributed by atoms with Gasteiger partial charge in [-0.05, 0) is 38.2 Å². The summed E-state index contributed by atoms with van der Waals surface area (Å²) in [7, 11) is 0. The standard InChI is InChI=1S/C11H17N3/c12-11(4-5-11)6-8-14-10(3-7-13-14)9-1-2-9/h3,7,9H,1-2,4-6,8,12H2. The first-order valence-electron chi connectivity index (χ1n) is 5.57. The fraction of sp³-hybridized carbons (Fsp3) is 0.727. The van der Waals surface area contributed by atoms with Crippen molar-refractivity contribution < 1.29 is 0 Å². The van der Waals surface area contributed by atoms with E-state index in [-0.39, 0.29) is 5.54 Å². The minimum atomic E-state index is 0.159. The van der Waals surface area contributed by atoms with Crippen LogP contribution in [-0.4, -0.2) is 15.3 Å². The van der Waals surface area contributed by atoms with Gasteiger partial charge in [0.15, 0.2) is 0 Å². The Morgan fingerprint density at radius 2 is 2.29 bits per heavy atom. The summed E-state index contributed by atoms with van der Waals surface area (Å²) in [6.07, 6.45) is 8.11. The van der Waals surface area contributed by atoms with E-state index in [1.54, 1.807) is 0 Å². The Hall–Kier alpha value is -0.830. The van der Waals surface area contributed by atoms with Crippen LogP contribution < -0.4 is 5.73 Å². The van der Waals surface area contributed by atoms with Gasteiger partial charge in [0.2, 0.25) is 0 Å². The van der Waals surface area contributed by atoms with Crippen LogP contribution in [0.3, 0.4) is 0 Å². The summed E-state index contributed by atoms with van der Waals surface area (Å²) < 4.78 is 2.16. The lowest BCUT2D eigenvalue weighted by Gasteiger charge is -2.10. The van der Waals surface area contributed by atoms with E-state index >= 15 is 0 Å². The first kappa shape index (κ1) is 8.48. The van der Waals surface area contributed by atoms with Gasteiger partial charge in [-0.3, -0.25) is 4.68 Å². The Bertz CT molecular complexity index is 334. The Morgan fingerprint density at radius 3 is 2.93 bits per heavy atom. The van der Waals surface area contributed by atoms with Crippen LogP contribution in [0.2, 0.25) is 0 Å². The van der Waals surface area contributed by atoms with E-state index in [0.29, 0.717) is 0 Å². The Kier molecular flexibility index (Phi) is 1.71. The van der Waals surface area contributed by atoms with Gasteiger partial charge >= 0.3 is 0 Å². The number of nitrogens with two attached hydrogens (primary N) is 1. The topological polar surface area (TPSA) is 43.8 Å². The van der Waals surface area contributed by atoms with Gasteiger partial charge in [0.1, 0.15) is 0 Å². The highest BCUT2D eigenvalue weighted by atomic mass is 15.3. The zero-order valence-corrected chi connectivity index (χ0v) is 8.45. The Balaban J connectivity index is 1.66. The molecule has 0 amide bonds. The van der Waals surface area contributed by atoms with Crippen molar-refractivity contribution in [2.24, 2.45) is 5.73 Å². The molecule has 0 unspecified atom stereocenters. The molecule has 0 bridgehead atoms. The maximum atomic E-state index is 6.06. The second-order valence-electron chi connectivity index (χ2n) is 4.87. The molecule has 2 saturated carbocycles. The summed E-state index contributed by atoms with van der Waals surface area (Å²) in [6.45, 7) is 1.01. The first-order chi connectivity index (χ1) is 6.77. The van der Waals surface area contributed by atoms with Crippen molar-refractivity contribution >= 4 is 0 Å². The van der Waals surface area contributed by atoms with Gasteiger partial charge < -0.3 is 5.73 Å². The molecule has 0 aromatic carbocycles. The number of aromatic nitrogens is 2. The molecule has 2 N–H and O–H groups in total. The van der Waals surface area contributed by atoms with Crippen molar-refractivity contribution in [2.75, 3.05) is 0 Å². The van der Waals surface area contributed by atoms with E-state index in [1.807, 2.05) is 6.20 Å². The number of nitrogens with zero attached hydrogens (tertiary/aromatic N) is 2. The molecule has 2 aliphatic rings. The second-order valence-corrected chi connectivity index (χ2v) is 4.87. The lowest BCUT2D eigenvalue weighted by molar-refractivity contribution is 0.488. The third kappa shape index (κ3) is 1.57. The number of rotatable bonds is 4. The van der Waals surface area contributed by atoms with Crippen LogP contribution in [0.15, 0.2) is 12.3 Å². The van der Waals surface area contributed by atoms with Gasteiger partial charge in [-0.2, -0.15) is 5.10 Å². The van der Waals surface area contributed by atoms with Crippen LogP contribution in [0.25, 0.3) is 0 Å². The lowest BCUT2D eigenvalue weighted by atomic mass is 10.2. The van der Waals surface area contributed by atoms with Crippen molar-refractivity contribution in [2.45, 2.75) is 50.1 Å². The molecular formula is C11H17N3. The van der Waals surface area contributed by atoms with E-state index in [2.05, 4.69) is 15.8 Å². The number of hydrogen-bond donors (Lipinski definition) is 1. The molecule has 0 spiro atoms. The summed E-state index contributed by atoms with van der Waals surface area (Å²) in [4.78, 5) is 0. The Labute approximate surface area is 84.3 Å². The highest BCUT2D eigenvalue weighted by molar-refractivity contribution is 5.14. The van der Waals surface area contributed by atoms with E-state index in [4.69, 9.17) is 5.73 Å². The zero-order chi connectivity index (χ0) is 9.60. The molecule has 1 aromatic heterocycles. The molecule has 14 heavy (non-hydrogen) atoms. The highest BCUT2D eigenvalue weighted by Gasteiger charge is 2.38. The molecule has 1 heterocycles. The predicted octanol–water partition coefficient (Wildman–Crippen LogP) is 1.64. The van der Waals surface area contributed by atoms with Gasteiger partial charge in [0.05, 0.1) is 0 Å². The van der Waals surface area contributed by atoms with Crippen molar-refractivity contribution in [3.05, 3.63) is 18.0 Å². The van der Waals surface area contributed by atoms with Gasteiger partial charge in [0.25, 0.3) is 0 Å². The van der Waals surface area contributed by atoms with Crippen LogP contribution in [0.4, 0.5) is 0 Å². The van der Waals surface area contributed by atoms with Crippen LogP contribution >= 0.6 is 0 Å². The first-order valence-corrected chi connectivity index (χ1v) is 5.57. The van der Waals surface area contributed by atoms with Gasteiger partial charge in [-0.15, -0.1) is 0 Å². The summed E-state index contributed by atoms with van der Waals surface area (Å²) in [5, 5.41) is 4.37. The van der Waals surface area contributed by atoms with E-state index in [9.17, 15) is 0 Å². The summed E-state index contributed by atoms with van der Waals surface area (Å²) in [6, 6.07) is 2.16. The highest BCUT2D eigenvalue weighted by Crippen LogP contribution is 2.40. The maximum Gasteiger partial charge on any atom is 0.0492 e. The van der Waals surface area contributed by atoms with E-state index in [1.165, 1.54) is 31.4 Å². The van der Waals surface area contributed by atoms with Crippen LogP contribution in [0.1, 0.15) is 43.7 Å². The predicted molar refractivity (Wildman–Crippen MR) is 55.0 cm³/mol. The van der Waals surface area contributed by atoms with Gasteiger partial charge in [-0.1, -0.05) is 0 Å². The minimum absolute atomic E-state index is 0.159.